The lowest BCUT2D eigenvalue weighted by Gasteiger charge is -2.33. The topological polar surface area (TPSA) is 12.0 Å². The predicted octanol–water partition coefficient (Wildman–Crippen LogP) is 4.49. The highest BCUT2D eigenvalue weighted by atomic mass is 15.0. The maximum atomic E-state index is 3.89. The minimum absolute atomic E-state index is 0.607. The summed E-state index contributed by atoms with van der Waals surface area (Å²) in [5.74, 6) is 0.797. The third-order valence-corrected chi connectivity index (χ3v) is 5.57. The highest BCUT2D eigenvalue weighted by Gasteiger charge is 2.43. The molecule has 0 aromatic heterocycles. The van der Waals surface area contributed by atoms with Crippen molar-refractivity contribution in [1.29, 1.82) is 0 Å². The molecule has 2 saturated carbocycles. The molecule has 0 spiro atoms. The number of nitrogens with one attached hydrogen (secondary N) is 1. The SMILES string of the molecule is CC(NC1CCC(c2ccccc2)CC1)C1(C)CC1. The first-order valence-corrected chi connectivity index (χ1v) is 7.98. The van der Waals surface area contributed by atoms with Gasteiger partial charge in [-0.1, -0.05) is 37.3 Å². The van der Waals surface area contributed by atoms with Crippen LogP contribution in [0.1, 0.15) is 63.9 Å². The van der Waals surface area contributed by atoms with Gasteiger partial charge >= 0.3 is 0 Å². The van der Waals surface area contributed by atoms with Crippen LogP contribution >= 0.6 is 0 Å². The molecular formula is C18H27N. The van der Waals surface area contributed by atoms with E-state index in [2.05, 4.69) is 49.5 Å². The molecule has 2 aliphatic rings. The largest absolute Gasteiger partial charge is 0.311 e. The van der Waals surface area contributed by atoms with Crippen LogP contribution in [0.2, 0.25) is 0 Å². The Labute approximate surface area is 117 Å². The molecule has 1 atom stereocenters. The van der Waals surface area contributed by atoms with Crippen LogP contribution in [0.15, 0.2) is 30.3 Å². The summed E-state index contributed by atoms with van der Waals surface area (Å²) in [5.41, 5.74) is 2.15. The van der Waals surface area contributed by atoms with Gasteiger partial charge in [0.1, 0.15) is 0 Å². The molecule has 0 saturated heterocycles. The van der Waals surface area contributed by atoms with Crippen molar-refractivity contribution in [1.82, 2.24) is 5.32 Å². The van der Waals surface area contributed by atoms with Crippen LogP contribution in [0.3, 0.4) is 0 Å². The van der Waals surface area contributed by atoms with E-state index in [1.54, 1.807) is 5.56 Å². The third-order valence-electron chi connectivity index (χ3n) is 5.57. The van der Waals surface area contributed by atoms with Gasteiger partial charge < -0.3 is 5.32 Å². The summed E-state index contributed by atoms with van der Waals surface area (Å²) in [6, 6.07) is 12.5. The molecule has 1 heteroatoms. The quantitative estimate of drug-likeness (QED) is 0.838. The van der Waals surface area contributed by atoms with E-state index in [4.69, 9.17) is 0 Å². The van der Waals surface area contributed by atoms with Gasteiger partial charge in [-0.15, -0.1) is 0 Å². The summed E-state index contributed by atoms with van der Waals surface area (Å²) in [6.07, 6.45) is 8.23. The minimum atomic E-state index is 0.607. The minimum Gasteiger partial charge on any atom is -0.311 e. The second-order valence-corrected chi connectivity index (χ2v) is 7.00. The van der Waals surface area contributed by atoms with Gasteiger partial charge in [-0.2, -0.15) is 0 Å². The summed E-state index contributed by atoms with van der Waals surface area (Å²) in [6.45, 7) is 4.82. The van der Waals surface area contributed by atoms with E-state index >= 15 is 0 Å². The summed E-state index contributed by atoms with van der Waals surface area (Å²) in [5, 5.41) is 3.89. The Hall–Kier alpha value is -0.820. The number of hydrogen-bond donors (Lipinski definition) is 1. The lowest BCUT2D eigenvalue weighted by atomic mass is 9.81. The van der Waals surface area contributed by atoms with E-state index < -0.39 is 0 Å². The van der Waals surface area contributed by atoms with E-state index in [9.17, 15) is 0 Å². The zero-order valence-electron chi connectivity index (χ0n) is 12.4. The Balaban J connectivity index is 1.50. The maximum absolute atomic E-state index is 3.89. The van der Waals surface area contributed by atoms with Crippen LogP contribution in [0.4, 0.5) is 0 Å². The summed E-state index contributed by atoms with van der Waals surface area (Å²) < 4.78 is 0. The van der Waals surface area contributed by atoms with Crippen LogP contribution in [-0.4, -0.2) is 12.1 Å². The first kappa shape index (κ1) is 13.2. The fraction of sp³-hybridized carbons (Fsp3) is 0.667. The average Bonchev–Trinajstić information content (AvgIpc) is 3.20. The normalized spacial score (nSPS) is 30.8. The standard InChI is InChI=1S/C18H27N/c1-14(18(2)12-13-18)19-17-10-8-16(9-11-17)15-6-4-3-5-7-15/h3-7,14,16-17,19H,8-13H2,1-2H3. The number of hydrogen-bond acceptors (Lipinski definition) is 1. The van der Waals surface area contributed by atoms with Crippen molar-refractivity contribution >= 4 is 0 Å². The van der Waals surface area contributed by atoms with E-state index in [0.29, 0.717) is 11.5 Å². The second-order valence-electron chi connectivity index (χ2n) is 7.00. The lowest BCUT2D eigenvalue weighted by molar-refractivity contribution is 0.276. The molecule has 0 radical (unpaired) electrons. The van der Waals surface area contributed by atoms with Crippen molar-refractivity contribution < 1.29 is 0 Å². The molecule has 1 aromatic rings. The summed E-state index contributed by atoms with van der Waals surface area (Å²) >= 11 is 0. The van der Waals surface area contributed by atoms with Gasteiger partial charge in [-0.05, 0) is 62.3 Å². The number of benzene rings is 1. The molecule has 3 rings (SSSR count). The first-order valence-electron chi connectivity index (χ1n) is 7.98. The zero-order chi connectivity index (χ0) is 13.3. The molecule has 2 fully saturated rings. The molecule has 1 aromatic carbocycles. The van der Waals surface area contributed by atoms with Crippen LogP contribution in [0.25, 0.3) is 0 Å². The van der Waals surface area contributed by atoms with Crippen molar-refractivity contribution in [3.63, 3.8) is 0 Å². The highest BCUT2D eigenvalue weighted by molar-refractivity contribution is 5.20. The first-order chi connectivity index (χ1) is 9.17. The third kappa shape index (κ3) is 3.02. The molecule has 1 N–H and O–H groups in total. The monoisotopic (exact) mass is 257 g/mol. The fourth-order valence-electron chi connectivity index (χ4n) is 3.50. The van der Waals surface area contributed by atoms with Gasteiger partial charge in [0.15, 0.2) is 0 Å². The Bertz CT molecular complexity index is 399. The van der Waals surface area contributed by atoms with Gasteiger partial charge in [-0.3, -0.25) is 0 Å². The molecular weight excluding hydrogens is 230 g/mol. The number of rotatable bonds is 4. The smallest absolute Gasteiger partial charge is 0.00951 e. The molecule has 19 heavy (non-hydrogen) atoms. The van der Waals surface area contributed by atoms with Gasteiger partial charge in [0.25, 0.3) is 0 Å². The Kier molecular flexibility index (Phi) is 3.66. The predicted molar refractivity (Wildman–Crippen MR) is 81.4 cm³/mol. The van der Waals surface area contributed by atoms with Gasteiger partial charge in [0.2, 0.25) is 0 Å². The molecule has 2 aliphatic carbocycles. The lowest BCUT2D eigenvalue weighted by Crippen LogP contribution is -2.42. The molecule has 0 amide bonds. The molecule has 1 nitrogen and oxygen atoms in total. The second kappa shape index (κ2) is 5.28. The van der Waals surface area contributed by atoms with Crippen molar-refractivity contribution in [3.8, 4) is 0 Å². The van der Waals surface area contributed by atoms with Gasteiger partial charge in [0, 0.05) is 12.1 Å². The van der Waals surface area contributed by atoms with Crippen LogP contribution in [0.5, 0.6) is 0 Å². The molecule has 0 bridgehead atoms. The average molecular weight is 257 g/mol. The van der Waals surface area contributed by atoms with Crippen LogP contribution < -0.4 is 5.32 Å². The van der Waals surface area contributed by atoms with E-state index in [1.807, 2.05) is 0 Å². The molecule has 0 heterocycles. The van der Waals surface area contributed by atoms with Crippen molar-refractivity contribution in [2.75, 3.05) is 0 Å². The summed E-state index contributed by atoms with van der Waals surface area (Å²) in [4.78, 5) is 0. The molecule has 104 valence electrons. The van der Waals surface area contributed by atoms with Crippen molar-refractivity contribution in [2.45, 2.75) is 70.4 Å². The van der Waals surface area contributed by atoms with Crippen LogP contribution in [0, 0.1) is 5.41 Å². The highest BCUT2D eigenvalue weighted by Crippen LogP contribution is 2.48. The molecule has 1 unspecified atom stereocenters. The Morgan fingerprint density at radius 2 is 1.68 bits per heavy atom. The Morgan fingerprint density at radius 3 is 2.26 bits per heavy atom. The summed E-state index contributed by atoms with van der Waals surface area (Å²) in [7, 11) is 0. The van der Waals surface area contributed by atoms with Crippen molar-refractivity contribution in [3.05, 3.63) is 35.9 Å². The van der Waals surface area contributed by atoms with Gasteiger partial charge in [-0.25, -0.2) is 0 Å². The maximum Gasteiger partial charge on any atom is 0.00951 e. The Morgan fingerprint density at radius 1 is 1.05 bits per heavy atom. The van der Waals surface area contributed by atoms with E-state index in [1.165, 1.54) is 38.5 Å². The fourth-order valence-corrected chi connectivity index (χ4v) is 3.50. The van der Waals surface area contributed by atoms with Gasteiger partial charge in [0.05, 0.1) is 0 Å². The van der Waals surface area contributed by atoms with Crippen LogP contribution in [-0.2, 0) is 0 Å². The van der Waals surface area contributed by atoms with E-state index in [-0.39, 0.29) is 0 Å². The van der Waals surface area contributed by atoms with E-state index in [0.717, 1.165) is 12.0 Å². The van der Waals surface area contributed by atoms with Crippen molar-refractivity contribution in [2.24, 2.45) is 5.41 Å². The zero-order valence-corrected chi connectivity index (χ0v) is 12.4. The molecule has 0 aliphatic heterocycles.